The topological polar surface area (TPSA) is 38.3 Å². The van der Waals surface area contributed by atoms with E-state index >= 15 is 0 Å². The summed E-state index contributed by atoms with van der Waals surface area (Å²) >= 11 is 11.7. The first-order valence-corrected chi connectivity index (χ1v) is 5.81. The number of rotatable bonds is 3. The van der Waals surface area contributed by atoms with Gasteiger partial charge in [-0.2, -0.15) is 0 Å². The summed E-state index contributed by atoms with van der Waals surface area (Å²) in [7, 11) is 0. The minimum atomic E-state index is -0.560. The van der Waals surface area contributed by atoms with Crippen LogP contribution in [0.3, 0.4) is 0 Å². The van der Waals surface area contributed by atoms with Crippen molar-refractivity contribution in [3.8, 4) is 0 Å². The molecule has 1 aliphatic carbocycles. The third kappa shape index (κ3) is 4.94. The zero-order valence-corrected chi connectivity index (χ0v) is 10.8. The van der Waals surface area contributed by atoms with Crippen molar-refractivity contribution in [2.24, 2.45) is 5.92 Å². The summed E-state index contributed by atoms with van der Waals surface area (Å²) < 4.78 is 4.52. The van der Waals surface area contributed by atoms with E-state index in [1.807, 2.05) is 20.8 Å². The summed E-state index contributed by atoms with van der Waals surface area (Å²) in [6.07, 6.45) is 1.22. The van der Waals surface area contributed by atoms with Gasteiger partial charge < -0.3 is 10.1 Å². The Morgan fingerprint density at radius 1 is 1.53 bits per heavy atom. The van der Waals surface area contributed by atoms with Crippen LogP contribution in [0.2, 0.25) is 0 Å². The third-order valence-electron chi connectivity index (χ3n) is 2.12. The van der Waals surface area contributed by atoms with Crippen LogP contribution in [-0.2, 0) is 4.74 Å². The number of carbonyl (C=O) groups excluding carboxylic acids is 1. The minimum absolute atomic E-state index is 0.302. The Bertz CT molecular complexity index is 248. The predicted molar refractivity (Wildman–Crippen MR) is 61.4 cm³/mol. The Labute approximate surface area is 100 Å². The molecule has 1 rings (SSSR count). The summed E-state index contributed by atoms with van der Waals surface area (Å²) in [5.41, 5.74) is -0.452. The van der Waals surface area contributed by atoms with Crippen LogP contribution < -0.4 is 5.32 Å². The van der Waals surface area contributed by atoms with Crippen molar-refractivity contribution >= 4 is 29.3 Å². The molecule has 0 bridgehead atoms. The fourth-order valence-electron chi connectivity index (χ4n) is 1.25. The van der Waals surface area contributed by atoms with Gasteiger partial charge in [-0.1, -0.05) is 0 Å². The van der Waals surface area contributed by atoms with Gasteiger partial charge in [0.15, 0.2) is 0 Å². The smallest absolute Gasteiger partial charge is 0.407 e. The molecular weight excluding hydrogens is 237 g/mol. The maximum Gasteiger partial charge on any atom is 0.407 e. The number of alkyl carbamates (subject to hydrolysis) is 1. The van der Waals surface area contributed by atoms with Crippen molar-refractivity contribution in [1.29, 1.82) is 0 Å². The lowest BCUT2D eigenvalue weighted by molar-refractivity contribution is 0.0526. The molecule has 0 saturated heterocycles. The van der Waals surface area contributed by atoms with Gasteiger partial charge in [-0.15, -0.1) is 23.2 Å². The van der Waals surface area contributed by atoms with Gasteiger partial charge >= 0.3 is 6.09 Å². The van der Waals surface area contributed by atoms with Crippen molar-refractivity contribution in [3.63, 3.8) is 0 Å². The van der Waals surface area contributed by atoms with Gasteiger partial charge in [-0.25, -0.2) is 4.79 Å². The molecule has 0 aromatic carbocycles. The third-order valence-corrected chi connectivity index (χ3v) is 3.04. The van der Waals surface area contributed by atoms with Crippen LogP contribution in [0.25, 0.3) is 0 Å². The van der Waals surface area contributed by atoms with Gasteiger partial charge in [0.05, 0.1) is 0 Å². The second-order valence-corrected chi connectivity index (χ2v) is 6.42. The number of carbonyl (C=O) groups is 1. The SMILES string of the molecule is CC(C)(C)OC(=O)NCCC1CC1(Cl)Cl. The molecular formula is C10H17Cl2NO2. The quantitative estimate of drug-likeness (QED) is 0.786. The number of ether oxygens (including phenoxy) is 1. The molecule has 1 atom stereocenters. The number of nitrogens with one attached hydrogen (secondary N) is 1. The standard InChI is InChI=1S/C10H17Cl2NO2/c1-9(2,3)15-8(14)13-5-4-7-6-10(7,11)12/h7H,4-6H2,1-3H3,(H,13,14). The molecule has 3 nitrogen and oxygen atoms in total. The van der Waals surface area contributed by atoms with Crippen LogP contribution in [0, 0.1) is 5.92 Å². The first-order chi connectivity index (χ1) is 6.71. The van der Waals surface area contributed by atoms with Crippen LogP contribution in [0.5, 0.6) is 0 Å². The van der Waals surface area contributed by atoms with Crippen molar-refractivity contribution < 1.29 is 9.53 Å². The Morgan fingerprint density at radius 2 is 2.07 bits per heavy atom. The second kappa shape index (κ2) is 4.38. The van der Waals surface area contributed by atoms with E-state index in [0.717, 1.165) is 12.8 Å². The van der Waals surface area contributed by atoms with Crippen molar-refractivity contribution in [2.75, 3.05) is 6.54 Å². The van der Waals surface area contributed by atoms with Crippen LogP contribution in [0.15, 0.2) is 0 Å². The maximum absolute atomic E-state index is 11.2. The highest BCUT2D eigenvalue weighted by Gasteiger charge is 2.50. The Hall–Kier alpha value is -0.150. The first kappa shape index (κ1) is 12.9. The highest BCUT2D eigenvalue weighted by molar-refractivity contribution is 6.50. The number of halogens is 2. The van der Waals surface area contributed by atoms with E-state index in [-0.39, 0.29) is 0 Å². The Kier molecular flexibility index (Phi) is 3.77. The summed E-state index contributed by atoms with van der Waals surface area (Å²) in [6.45, 7) is 6.04. The van der Waals surface area contributed by atoms with E-state index in [1.54, 1.807) is 0 Å². The largest absolute Gasteiger partial charge is 0.444 e. The van der Waals surface area contributed by atoms with E-state index in [0.29, 0.717) is 12.5 Å². The Morgan fingerprint density at radius 3 is 2.47 bits per heavy atom. The summed E-state index contributed by atoms with van der Waals surface area (Å²) in [5, 5.41) is 2.67. The molecule has 1 unspecified atom stereocenters. The molecule has 1 amide bonds. The van der Waals surface area contributed by atoms with Gasteiger partial charge in [0, 0.05) is 6.54 Å². The number of amides is 1. The van der Waals surface area contributed by atoms with Gasteiger partial charge in [0.1, 0.15) is 9.93 Å². The molecule has 1 saturated carbocycles. The number of alkyl halides is 2. The second-order valence-electron chi connectivity index (χ2n) is 4.88. The molecule has 1 N–H and O–H groups in total. The van der Waals surface area contributed by atoms with Crippen LogP contribution >= 0.6 is 23.2 Å². The molecule has 0 spiro atoms. The molecule has 5 heteroatoms. The molecule has 15 heavy (non-hydrogen) atoms. The average Bonchev–Trinajstić information content (AvgIpc) is 2.54. The Balaban J connectivity index is 2.08. The molecule has 0 aromatic rings. The lowest BCUT2D eigenvalue weighted by atomic mass is 10.2. The minimum Gasteiger partial charge on any atom is -0.444 e. The fraction of sp³-hybridized carbons (Fsp3) is 0.900. The lowest BCUT2D eigenvalue weighted by Gasteiger charge is -2.19. The van der Waals surface area contributed by atoms with Gasteiger partial charge in [-0.05, 0) is 39.5 Å². The summed E-state index contributed by atoms with van der Waals surface area (Å²) in [5.74, 6) is 0.302. The zero-order chi connectivity index (χ0) is 11.7. The van der Waals surface area contributed by atoms with Crippen LogP contribution in [-0.4, -0.2) is 22.6 Å². The predicted octanol–water partition coefficient (Wildman–Crippen LogP) is 3.10. The normalized spacial score (nSPS) is 23.4. The van der Waals surface area contributed by atoms with Gasteiger partial charge in [0.25, 0.3) is 0 Å². The van der Waals surface area contributed by atoms with E-state index in [9.17, 15) is 4.79 Å². The fourth-order valence-corrected chi connectivity index (χ4v) is 1.84. The average molecular weight is 254 g/mol. The molecule has 1 aliphatic rings. The lowest BCUT2D eigenvalue weighted by Crippen LogP contribution is -2.33. The van der Waals surface area contributed by atoms with Crippen LogP contribution in [0.1, 0.15) is 33.6 Å². The van der Waals surface area contributed by atoms with Crippen molar-refractivity contribution in [2.45, 2.75) is 43.5 Å². The zero-order valence-electron chi connectivity index (χ0n) is 9.27. The molecule has 0 radical (unpaired) electrons. The van der Waals surface area contributed by atoms with E-state index in [2.05, 4.69) is 5.32 Å². The molecule has 1 fully saturated rings. The number of hydrogen-bond donors (Lipinski definition) is 1. The molecule has 0 aliphatic heterocycles. The first-order valence-electron chi connectivity index (χ1n) is 5.05. The van der Waals surface area contributed by atoms with Gasteiger partial charge in [0.2, 0.25) is 0 Å². The summed E-state index contributed by atoms with van der Waals surface area (Å²) in [4.78, 5) is 11.2. The molecule has 88 valence electrons. The number of hydrogen-bond acceptors (Lipinski definition) is 2. The van der Waals surface area contributed by atoms with Crippen LogP contribution in [0.4, 0.5) is 4.79 Å². The highest BCUT2D eigenvalue weighted by atomic mass is 35.5. The summed E-state index contributed by atoms with van der Waals surface area (Å²) in [6, 6.07) is 0. The van der Waals surface area contributed by atoms with E-state index < -0.39 is 16.0 Å². The highest BCUT2D eigenvalue weighted by Crippen LogP contribution is 2.54. The van der Waals surface area contributed by atoms with E-state index in [4.69, 9.17) is 27.9 Å². The van der Waals surface area contributed by atoms with Crippen molar-refractivity contribution in [1.82, 2.24) is 5.32 Å². The molecule has 0 aromatic heterocycles. The molecule has 0 heterocycles. The monoisotopic (exact) mass is 253 g/mol. The van der Waals surface area contributed by atoms with Gasteiger partial charge in [-0.3, -0.25) is 0 Å². The maximum atomic E-state index is 11.2. The van der Waals surface area contributed by atoms with Crippen molar-refractivity contribution in [3.05, 3.63) is 0 Å². The van der Waals surface area contributed by atoms with E-state index in [1.165, 1.54) is 0 Å².